The van der Waals surface area contributed by atoms with Crippen molar-refractivity contribution < 1.29 is 14.3 Å². The van der Waals surface area contributed by atoms with Crippen LogP contribution in [0.15, 0.2) is 17.7 Å². The zero-order valence-corrected chi connectivity index (χ0v) is 13.8. The van der Waals surface area contributed by atoms with Gasteiger partial charge in [-0.15, -0.1) is 0 Å². The molecule has 0 aliphatic heterocycles. The van der Waals surface area contributed by atoms with Crippen LogP contribution in [-0.4, -0.2) is 25.7 Å². The third kappa shape index (κ3) is 4.68. The van der Waals surface area contributed by atoms with Crippen molar-refractivity contribution in [3.05, 3.63) is 28.3 Å². The molecule has 0 aliphatic rings. The van der Waals surface area contributed by atoms with Crippen LogP contribution in [0.25, 0.3) is 6.08 Å². The van der Waals surface area contributed by atoms with Gasteiger partial charge in [-0.25, -0.2) is 0 Å². The lowest BCUT2D eigenvalue weighted by Gasteiger charge is -2.12. The zero-order chi connectivity index (χ0) is 16.7. The van der Waals surface area contributed by atoms with E-state index in [1.54, 1.807) is 12.1 Å². The van der Waals surface area contributed by atoms with Crippen LogP contribution < -0.4 is 14.8 Å². The number of nitrogens with one attached hydrogen (secondary N) is 1. The average Bonchev–Trinajstić information content (AvgIpc) is 2.46. The molecule has 1 rings (SSSR count). The number of rotatable bonds is 6. The third-order valence-corrected chi connectivity index (χ3v) is 2.92. The smallest absolute Gasteiger partial charge is 0.262 e. The minimum atomic E-state index is -0.429. The van der Waals surface area contributed by atoms with Gasteiger partial charge >= 0.3 is 0 Å². The molecule has 0 spiro atoms. The molecule has 0 saturated heterocycles. The van der Waals surface area contributed by atoms with E-state index in [9.17, 15) is 4.79 Å². The van der Waals surface area contributed by atoms with Gasteiger partial charge in [-0.05, 0) is 44.5 Å². The highest BCUT2D eigenvalue weighted by Crippen LogP contribution is 2.36. The lowest BCUT2D eigenvalue weighted by Crippen LogP contribution is -2.30. The summed E-state index contributed by atoms with van der Waals surface area (Å²) >= 11 is 6.16. The molecule has 6 heteroatoms. The van der Waals surface area contributed by atoms with Crippen molar-refractivity contribution in [3.8, 4) is 17.6 Å². The van der Waals surface area contributed by atoms with E-state index in [-0.39, 0.29) is 11.6 Å². The van der Waals surface area contributed by atoms with Crippen molar-refractivity contribution in [3.63, 3.8) is 0 Å². The van der Waals surface area contributed by atoms with Crippen LogP contribution in [0.3, 0.4) is 0 Å². The number of nitrogens with zero attached hydrogens (tertiary/aromatic N) is 1. The van der Waals surface area contributed by atoms with Gasteiger partial charge in [-0.1, -0.05) is 11.6 Å². The fourth-order valence-electron chi connectivity index (χ4n) is 1.76. The summed E-state index contributed by atoms with van der Waals surface area (Å²) in [6.45, 7) is 5.94. The Labute approximate surface area is 135 Å². The van der Waals surface area contributed by atoms with E-state index in [0.717, 1.165) is 0 Å². The second-order valence-corrected chi connectivity index (χ2v) is 5.17. The Balaban J connectivity index is 3.21. The largest absolute Gasteiger partial charge is 0.493 e. The van der Waals surface area contributed by atoms with Crippen molar-refractivity contribution in [1.29, 1.82) is 5.26 Å². The first kappa shape index (κ1) is 17.9. The topological polar surface area (TPSA) is 71.3 Å². The number of halogens is 1. The van der Waals surface area contributed by atoms with Gasteiger partial charge in [0.1, 0.15) is 11.6 Å². The van der Waals surface area contributed by atoms with Crippen molar-refractivity contribution in [2.45, 2.75) is 26.8 Å². The minimum Gasteiger partial charge on any atom is -0.493 e. The first-order chi connectivity index (χ1) is 10.4. The van der Waals surface area contributed by atoms with Gasteiger partial charge in [0.15, 0.2) is 11.5 Å². The number of benzene rings is 1. The number of amides is 1. The Hall–Kier alpha value is -2.19. The molecule has 0 heterocycles. The number of carbonyl (C=O) groups excluding carboxylic acids is 1. The summed E-state index contributed by atoms with van der Waals surface area (Å²) in [6.07, 6.45) is 1.46. The van der Waals surface area contributed by atoms with Gasteiger partial charge in [0.2, 0.25) is 0 Å². The fraction of sp³-hybridized carbons (Fsp3) is 0.375. The van der Waals surface area contributed by atoms with Crippen molar-refractivity contribution >= 4 is 23.6 Å². The average molecular weight is 323 g/mol. The quantitative estimate of drug-likeness (QED) is 0.645. The Bertz CT molecular complexity index is 619. The van der Waals surface area contributed by atoms with E-state index in [1.165, 1.54) is 13.2 Å². The van der Waals surface area contributed by atoms with Crippen LogP contribution in [0.2, 0.25) is 5.02 Å². The molecule has 0 fully saturated rings. The predicted octanol–water partition coefficient (Wildman–Crippen LogP) is 3.18. The minimum absolute atomic E-state index is 0.00372. The van der Waals surface area contributed by atoms with Crippen LogP contribution in [0, 0.1) is 11.3 Å². The molecule has 0 unspecified atom stereocenters. The summed E-state index contributed by atoms with van der Waals surface area (Å²) in [5, 5.41) is 12.2. The molecule has 1 N–H and O–H groups in total. The molecule has 1 aromatic carbocycles. The molecule has 0 aromatic heterocycles. The Kier molecular flexibility index (Phi) is 6.74. The van der Waals surface area contributed by atoms with Crippen LogP contribution >= 0.6 is 11.6 Å². The molecule has 5 nitrogen and oxygen atoms in total. The standard InChI is InChI=1S/C16H19ClN2O3/c1-5-22-15-13(17)7-11(8-14(15)21-4)6-12(9-18)16(20)19-10(2)3/h6-8,10H,5H2,1-4H3,(H,19,20). The number of carbonyl (C=O) groups is 1. The fourth-order valence-corrected chi connectivity index (χ4v) is 2.04. The second kappa shape index (κ2) is 8.30. The van der Waals surface area contributed by atoms with E-state index in [4.69, 9.17) is 26.3 Å². The summed E-state index contributed by atoms with van der Waals surface area (Å²) in [5.74, 6) is 0.456. The third-order valence-electron chi connectivity index (χ3n) is 2.64. The number of ether oxygens (including phenoxy) is 2. The molecular weight excluding hydrogens is 304 g/mol. The Morgan fingerprint density at radius 2 is 2.18 bits per heavy atom. The molecule has 0 bridgehead atoms. The maximum atomic E-state index is 11.9. The molecule has 0 atom stereocenters. The highest BCUT2D eigenvalue weighted by molar-refractivity contribution is 6.32. The summed E-state index contributed by atoms with van der Waals surface area (Å²) in [7, 11) is 1.50. The molecule has 118 valence electrons. The van der Waals surface area contributed by atoms with E-state index >= 15 is 0 Å². The number of methoxy groups -OCH3 is 1. The van der Waals surface area contributed by atoms with Gasteiger partial charge in [-0.3, -0.25) is 4.79 Å². The van der Waals surface area contributed by atoms with E-state index < -0.39 is 5.91 Å². The predicted molar refractivity (Wildman–Crippen MR) is 86.0 cm³/mol. The van der Waals surface area contributed by atoms with Gasteiger partial charge in [0, 0.05) is 6.04 Å². The summed E-state index contributed by atoms with van der Waals surface area (Å²) in [4.78, 5) is 11.9. The summed E-state index contributed by atoms with van der Waals surface area (Å²) < 4.78 is 10.7. The summed E-state index contributed by atoms with van der Waals surface area (Å²) in [5.41, 5.74) is 0.580. The maximum absolute atomic E-state index is 11.9. The van der Waals surface area contributed by atoms with Crippen LogP contribution in [0.4, 0.5) is 0 Å². The number of hydrogen-bond donors (Lipinski definition) is 1. The highest BCUT2D eigenvalue weighted by atomic mass is 35.5. The molecule has 0 saturated carbocycles. The normalized spacial score (nSPS) is 11.0. The molecule has 0 radical (unpaired) electrons. The summed E-state index contributed by atoms with van der Waals surface area (Å²) in [6, 6.07) is 5.12. The van der Waals surface area contributed by atoms with Crippen molar-refractivity contribution in [2.75, 3.05) is 13.7 Å². The van der Waals surface area contributed by atoms with Gasteiger partial charge in [-0.2, -0.15) is 5.26 Å². The highest BCUT2D eigenvalue weighted by Gasteiger charge is 2.14. The van der Waals surface area contributed by atoms with E-state index in [1.807, 2.05) is 26.8 Å². The van der Waals surface area contributed by atoms with Crippen molar-refractivity contribution in [2.24, 2.45) is 0 Å². The maximum Gasteiger partial charge on any atom is 0.262 e. The monoisotopic (exact) mass is 322 g/mol. The van der Waals surface area contributed by atoms with Gasteiger partial charge < -0.3 is 14.8 Å². The van der Waals surface area contributed by atoms with Crippen LogP contribution in [0.5, 0.6) is 11.5 Å². The Morgan fingerprint density at radius 1 is 1.50 bits per heavy atom. The zero-order valence-electron chi connectivity index (χ0n) is 13.1. The number of hydrogen-bond acceptors (Lipinski definition) is 4. The molecule has 1 aromatic rings. The van der Waals surface area contributed by atoms with E-state index in [0.29, 0.717) is 28.7 Å². The Morgan fingerprint density at radius 3 is 2.68 bits per heavy atom. The first-order valence-corrected chi connectivity index (χ1v) is 7.23. The molecule has 0 aliphatic carbocycles. The van der Waals surface area contributed by atoms with Crippen LogP contribution in [-0.2, 0) is 4.79 Å². The lowest BCUT2D eigenvalue weighted by molar-refractivity contribution is -0.117. The first-order valence-electron chi connectivity index (χ1n) is 6.85. The SMILES string of the molecule is CCOc1c(Cl)cc(C=C(C#N)C(=O)NC(C)C)cc1OC. The molecule has 22 heavy (non-hydrogen) atoms. The molecule has 1 amide bonds. The molecular formula is C16H19ClN2O3. The lowest BCUT2D eigenvalue weighted by atomic mass is 10.1. The van der Waals surface area contributed by atoms with Gasteiger partial charge in [0.05, 0.1) is 18.7 Å². The van der Waals surface area contributed by atoms with Gasteiger partial charge in [0.25, 0.3) is 5.91 Å². The second-order valence-electron chi connectivity index (χ2n) is 4.77. The number of nitriles is 1. The van der Waals surface area contributed by atoms with E-state index in [2.05, 4.69) is 5.32 Å². The van der Waals surface area contributed by atoms with Crippen molar-refractivity contribution in [1.82, 2.24) is 5.32 Å². The van der Waals surface area contributed by atoms with Crippen LogP contribution in [0.1, 0.15) is 26.3 Å².